The first-order valence-electron chi connectivity index (χ1n) is 7.50. The zero-order chi connectivity index (χ0) is 16.7. The molecule has 2 N–H and O–H groups in total. The summed E-state index contributed by atoms with van der Waals surface area (Å²) in [6, 6.07) is 11.8. The van der Waals surface area contributed by atoms with Crippen LogP contribution in [-0.4, -0.2) is 22.7 Å². The van der Waals surface area contributed by atoms with Gasteiger partial charge in [0.2, 0.25) is 0 Å². The number of carbonyl (C=O) groups is 1. The van der Waals surface area contributed by atoms with Crippen LogP contribution in [0.15, 0.2) is 42.5 Å². The van der Waals surface area contributed by atoms with E-state index in [-0.39, 0.29) is 18.3 Å². The summed E-state index contributed by atoms with van der Waals surface area (Å²) in [5.41, 5.74) is 4.87. The van der Waals surface area contributed by atoms with Gasteiger partial charge in [-0.15, -0.1) is 0 Å². The van der Waals surface area contributed by atoms with Gasteiger partial charge in [-0.3, -0.25) is 9.89 Å². The Morgan fingerprint density at radius 1 is 1.12 bits per heavy atom. The number of nitrogens with zero attached hydrogens (tertiary/aromatic N) is 1. The summed E-state index contributed by atoms with van der Waals surface area (Å²) in [5, 5.41) is 10.1. The molecule has 6 heteroatoms. The molecule has 4 rings (SSSR count). The number of benzene rings is 2. The van der Waals surface area contributed by atoms with Crippen molar-refractivity contribution in [2.45, 2.75) is 6.92 Å². The SMILES string of the molecule is Cc1[nH]nc(-c2ccc(F)cc2)c1-c1ccc2c(c1)NC(=O)CO2. The first-order chi connectivity index (χ1) is 11.6. The molecule has 0 saturated heterocycles. The Morgan fingerprint density at radius 2 is 1.88 bits per heavy atom. The van der Waals surface area contributed by atoms with Crippen LogP contribution in [0.5, 0.6) is 5.75 Å². The first kappa shape index (κ1) is 14.4. The fourth-order valence-corrected chi connectivity index (χ4v) is 2.84. The van der Waals surface area contributed by atoms with E-state index in [2.05, 4.69) is 15.5 Å². The summed E-state index contributed by atoms with van der Waals surface area (Å²) in [5.74, 6) is 0.173. The average molecular weight is 323 g/mol. The van der Waals surface area contributed by atoms with E-state index < -0.39 is 0 Å². The average Bonchev–Trinajstić information content (AvgIpc) is 2.96. The molecule has 1 aromatic heterocycles. The molecule has 0 atom stereocenters. The highest BCUT2D eigenvalue weighted by molar-refractivity contribution is 5.97. The molecule has 0 spiro atoms. The van der Waals surface area contributed by atoms with Crippen LogP contribution in [0.1, 0.15) is 5.69 Å². The molecule has 0 radical (unpaired) electrons. The second-order valence-electron chi connectivity index (χ2n) is 5.63. The summed E-state index contributed by atoms with van der Waals surface area (Å²) in [6.07, 6.45) is 0. The van der Waals surface area contributed by atoms with Crippen molar-refractivity contribution in [3.05, 3.63) is 54.0 Å². The van der Waals surface area contributed by atoms with Crippen molar-refractivity contribution < 1.29 is 13.9 Å². The van der Waals surface area contributed by atoms with Crippen molar-refractivity contribution in [3.63, 3.8) is 0 Å². The summed E-state index contributed by atoms with van der Waals surface area (Å²) < 4.78 is 18.6. The number of fused-ring (bicyclic) bond motifs is 1. The van der Waals surface area contributed by atoms with E-state index in [1.54, 1.807) is 12.1 Å². The molecular weight excluding hydrogens is 309 g/mol. The van der Waals surface area contributed by atoms with Crippen LogP contribution in [0.2, 0.25) is 0 Å². The molecule has 2 heterocycles. The minimum atomic E-state index is -0.291. The van der Waals surface area contributed by atoms with E-state index in [4.69, 9.17) is 4.74 Å². The van der Waals surface area contributed by atoms with Crippen LogP contribution >= 0.6 is 0 Å². The lowest BCUT2D eigenvalue weighted by molar-refractivity contribution is -0.118. The molecule has 1 aliphatic rings. The smallest absolute Gasteiger partial charge is 0.262 e. The molecule has 5 nitrogen and oxygen atoms in total. The number of halogens is 1. The van der Waals surface area contributed by atoms with Crippen molar-refractivity contribution in [2.75, 3.05) is 11.9 Å². The Labute approximate surface area is 137 Å². The van der Waals surface area contributed by atoms with Gasteiger partial charge in [0.15, 0.2) is 6.61 Å². The lowest BCUT2D eigenvalue weighted by Crippen LogP contribution is -2.25. The highest BCUT2D eigenvalue weighted by Crippen LogP contribution is 2.37. The Bertz CT molecular complexity index is 932. The van der Waals surface area contributed by atoms with Gasteiger partial charge in [0.25, 0.3) is 5.91 Å². The van der Waals surface area contributed by atoms with Crippen LogP contribution in [0.4, 0.5) is 10.1 Å². The number of ether oxygens (including phenoxy) is 1. The van der Waals surface area contributed by atoms with E-state index in [0.717, 1.165) is 28.1 Å². The molecule has 0 bridgehead atoms. The first-order valence-corrected chi connectivity index (χ1v) is 7.50. The minimum Gasteiger partial charge on any atom is -0.482 e. The number of nitrogens with one attached hydrogen (secondary N) is 2. The van der Waals surface area contributed by atoms with Crippen molar-refractivity contribution in [3.8, 4) is 28.1 Å². The molecule has 0 unspecified atom stereocenters. The summed E-state index contributed by atoms with van der Waals surface area (Å²) in [7, 11) is 0. The topological polar surface area (TPSA) is 67.0 Å². The molecule has 120 valence electrons. The fraction of sp³-hybridized carbons (Fsp3) is 0.111. The maximum Gasteiger partial charge on any atom is 0.262 e. The normalized spacial score (nSPS) is 13.2. The third-order valence-electron chi connectivity index (χ3n) is 3.97. The van der Waals surface area contributed by atoms with E-state index in [1.807, 2.05) is 25.1 Å². The molecule has 0 aliphatic carbocycles. The van der Waals surface area contributed by atoms with E-state index in [0.29, 0.717) is 11.4 Å². The Hall–Kier alpha value is -3.15. The molecule has 1 aliphatic heterocycles. The number of carbonyl (C=O) groups excluding carboxylic acids is 1. The van der Waals surface area contributed by atoms with Gasteiger partial charge in [-0.05, 0) is 48.9 Å². The molecular formula is C18H14FN3O2. The van der Waals surface area contributed by atoms with Crippen molar-refractivity contribution >= 4 is 11.6 Å². The number of aromatic nitrogens is 2. The zero-order valence-electron chi connectivity index (χ0n) is 12.9. The van der Waals surface area contributed by atoms with Crippen LogP contribution in [0, 0.1) is 12.7 Å². The minimum absolute atomic E-state index is 0.0257. The number of rotatable bonds is 2. The third-order valence-corrected chi connectivity index (χ3v) is 3.97. The van der Waals surface area contributed by atoms with Gasteiger partial charge in [-0.2, -0.15) is 5.10 Å². The lowest BCUT2D eigenvalue weighted by Gasteiger charge is -2.18. The number of aryl methyl sites for hydroxylation is 1. The number of anilines is 1. The van der Waals surface area contributed by atoms with E-state index in [1.165, 1.54) is 12.1 Å². The second-order valence-corrected chi connectivity index (χ2v) is 5.63. The van der Waals surface area contributed by atoms with Gasteiger partial charge in [0.05, 0.1) is 5.69 Å². The maximum atomic E-state index is 13.2. The number of hydrogen-bond donors (Lipinski definition) is 2. The Balaban J connectivity index is 1.83. The van der Waals surface area contributed by atoms with Crippen LogP contribution in [-0.2, 0) is 4.79 Å². The number of amides is 1. The monoisotopic (exact) mass is 323 g/mol. The quantitative estimate of drug-likeness (QED) is 0.758. The van der Waals surface area contributed by atoms with Gasteiger partial charge in [0.1, 0.15) is 17.3 Å². The van der Waals surface area contributed by atoms with Gasteiger partial charge in [-0.1, -0.05) is 6.07 Å². The second kappa shape index (κ2) is 5.49. The molecule has 0 fully saturated rings. The van der Waals surface area contributed by atoms with Gasteiger partial charge in [0, 0.05) is 16.8 Å². The highest BCUT2D eigenvalue weighted by atomic mass is 19.1. The number of H-pyrrole nitrogens is 1. The molecule has 0 saturated carbocycles. The summed E-state index contributed by atoms with van der Waals surface area (Å²) >= 11 is 0. The van der Waals surface area contributed by atoms with Crippen molar-refractivity contribution in [2.24, 2.45) is 0 Å². The molecule has 1 amide bonds. The highest BCUT2D eigenvalue weighted by Gasteiger charge is 2.19. The fourth-order valence-electron chi connectivity index (χ4n) is 2.84. The van der Waals surface area contributed by atoms with Gasteiger partial charge < -0.3 is 10.1 Å². The predicted molar refractivity (Wildman–Crippen MR) is 88.3 cm³/mol. The molecule has 2 aromatic carbocycles. The molecule has 24 heavy (non-hydrogen) atoms. The summed E-state index contributed by atoms with van der Waals surface area (Å²) in [4.78, 5) is 11.5. The van der Waals surface area contributed by atoms with Crippen molar-refractivity contribution in [1.82, 2.24) is 10.2 Å². The molecule has 3 aromatic rings. The van der Waals surface area contributed by atoms with E-state index >= 15 is 0 Å². The third kappa shape index (κ3) is 2.42. The van der Waals surface area contributed by atoms with Crippen LogP contribution in [0.3, 0.4) is 0 Å². The van der Waals surface area contributed by atoms with E-state index in [9.17, 15) is 9.18 Å². The van der Waals surface area contributed by atoms with Crippen LogP contribution < -0.4 is 10.1 Å². The number of hydrogen-bond acceptors (Lipinski definition) is 3. The summed E-state index contributed by atoms with van der Waals surface area (Å²) in [6.45, 7) is 1.95. The largest absolute Gasteiger partial charge is 0.482 e. The maximum absolute atomic E-state index is 13.2. The van der Waals surface area contributed by atoms with Gasteiger partial charge in [-0.25, -0.2) is 4.39 Å². The zero-order valence-corrected chi connectivity index (χ0v) is 12.9. The Morgan fingerprint density at radius 3 is 2.67 bits per heavy atom. The standard InChI is InChI=1S/C18H14FN3O2/c1-10-17(18(22-21-10)11-2-5-13(19)6-3-11)12-4-7-15-14(8-12)20-16(23)9-24-15/h2-8H,9H2,1H3,(H,20,23)(H,21,22). The lowest BCUT2D eigenvalue weighted by atomic mass is 9.98. The predicted octanol–water partition coefficient (Wildman–Crippen LogP) is 3.52. The Kier molecular flexibility index (Phi) is 3.30. The number of aromatic amines is 1. The van der Waals surface area contributed by atoms with Crippen LogP contribution in [0.25, 0.3) is 22.4 Å². The van der Waals surface area contributed by atoms with Gasteiger partial charge >= 0.3 is 0 Å². The van der Waals surface area contributed by atoms with Crippen molar-refractivity contribution in [1.29, 1.82) is 0 Å².